The van der Waals surface area contributed by atoms with Crippen LogP contribution in [0.4, 0.5) is 0 Å². The summed E-state index contributed by atoms with van der Waals surface area (Å²) in [6.07, 6.45) is 4.87. The maximum absolute atomic E-state index is 13.2. The minimum Gasteiger partial charge on any atom is -0.489 e. The van der Waals surface area contributed by atoms with Crippen LogP contribution in [0.1, 0.15) is 59.9 Å². The maximum Gasteiger partial charge on any atom is 0.227 e. The molecule has 0 N–H and O–H groups in total. The summed E-state index contributed by atoms with van der Waals surface area (Å²) in [5, 5.41) is 3.96. The van der Waals surface area contributed by atoms with Gasteiger partial charge in [0.05, 0.1) is 23.7 Å². The van der Waals surface area contributed by atoms with Crippen molar-refractivity contribution in [3.05, 3.63) is 82.7 Å². The summed E-state index contributed by atoms with van der Waals surface area (Å²) in [5.41, 5.74) is 4.07. The number of carbonyl (C=O) groups excluding carboxylic acids is 1. The Bertz CT molecular complexity index is 976. The number of hydrogen-bond acceptors (Lipinski definition) is 4. The van der Waals surface area contributed by atoms with E-state index in [4.69, 9.17) is 9.26 Å². The lowest BCUT2D eigenvalue weighted by Crippen LogP contribution is -2.35. The molecular weight excluding hydrogens is 388 g/mol. The minimum atomic E-state index is 0.175. The molecule has 5 heteroatoms. The smallest absolute Gasteiger partial charge is 0.227 e. The van der Waals surface area contributed by atoms with E-state index < -0.39 is 0 Å². The van der Waals surface area contributed by atoms with E-state index in [0.717, 1.165) is 47.7 Å². The number of aryl methyl sites for hydroxylation is 2. The molecule has 1 aromatic heterocycles. The molecule has 5 nitrogen and oxygen atoms in total. The van der Waals surface area contributed by atoms with Gasteiger partial charge in [0, 0.05) is 6.54 Å². The van der Waals surface area contributed by atoms with Crippen molar-refractivity contribution in [3.8, 4) is 5.75 Å². The number of benzene rings is 2. The van der Waals surface area contributed by atoms with Crippen LogP contribution in [-0.4, -0.2) is 22.5 Å². The van der Waals surface area contributed by atoms with E-state index in [9.17, 15) is 4.79 Å². The standard InChI is InChI=1S/C26H30N2O3/c1-19-24(20(2)31-27-19)18-30-23-14-12-21(13-15-23)17-26(29)28-16-8-4-7-11-25(28)22-9-5-3-6-10-22/h3,5-6,9-10,12-15,25H,4,7-8,11,16-18H2,1-2H3. The van der Waals surface area contributed by atoms with Crippen LogP contribution in [0.25, 0.3) is 0 Å². The molecule has 162 valence electrons. The normalized spacial score (nSPS) is 16.7. The molecule has 0 saturated carbocycles. The summed E-state index contributed by atoms with van der Waals surface area (Å²) < 4.78 is 11.1. The van der Waals surface area contributed by atoms with Gasteiger partial charge >= 0.3 is 0 Å². The quantitative estimate of drug-likeness (QED) is 0.526. The predicted molar refractivity (Wildman–Crippen MR) is 120 cm³/mol. The number of likely N-dealkylation sites (tertiary alicyclic amines) is 1. The Balaban J connectivity index is 1.40. The van der Waals surface area contributed by atoms with Gasteiger partial charge in [-0.05, 0) is 49.9 Å². The Morgan fingerprint density at radius 3 is 2.55 bits per heavy atom. The topological polar surface area (TPSA) is 55.6 Å². The van der Waals surface area contributed by atoms with E-state index in [2.05, 4.69) is 34.3 Å². The van der Waals surface area contributed by atoms with Crippen LogP contribution in [0.5, 0.6) is 5.75 Å². The molecule has 31 heavy (non-hydrogen) atoms. The van der Waals surface area contributed by atoms with Gasteiger partial charge in [-0.25, -0.2) is 0 Å². The minimum absolute atomic E-state index is 0.175. The first kappa shape index (κ1) is 21.2. The van der Waals surface area contributed by atoms with Gasteiger partial charge in [0.15, 0.2) is 0 Å². The second-order valence-electron chi connectivity index (χ2n) is 8.28. The van der Waals surface area contributed by atoms with Gasteiger partial charge in [0.1, 0.15) is 18.1 Å². The van der Waals surface area contributed by atoms with E-state index >= 15 is 0 Å². The number of carbonyl (C=O) groups is 1. The van der Waals surface area contributed by atoms with Gasteiger partial charge in [-0.2, -0.15) is 0 Å². The zero-order valence-electron chi connectivity index (χ0n) is 18.3. The highest BCUT2D eigenvalue weighted by molar-refractivity contribution is 5.79. The lowest BCUT2D eigenvalue weighted by atomic mass is 10.00. The average molecular weight is 419 g/mol. The monoisotopic (exact) mass is 418 g/mol. The molecule has 2 aromatic carbocycles. The SMILES string of the molecule is Cc1noc(C)c1COc1ccc(CC(=O)N2CCCCCC2c2ccccc2)cc1. The maximum atomic E-state index is 13.2. The summed E-state index contributed by atoms with van der Waals surface area (Å²) in [6.45, 7) is 5.05. The van der Waals surface area contributed by atoms with Gasteiger partial charge in [-0.3, -0.25) is 4.79 Å². The number of hydrogen-bond donors (Lipinski definition) is 0. The Hall–Kier alpha value is -3.08. The summed E-state index contributed by atoms with van der Waals surface area (Å²) >= 11 is 0. The molecule has 0 bridgehead atoms. The lowest BCUT2D eigenvalue weighted by molar-refractivity contribution is -0.132. The molecule has 1 saturated heterocycles. The predicted octanol–water partition coefficient (Wildman–Crippen LogP) is 5.56. The van der Waals surface area contributed by atoms with E-state index in [0.29, 0.717) is 13.0 Å². The molecule has 4 rings (SSSR count). The Kier molecular flexibility index (Phi) is 6.70. The molecule has 0 radical (unpaired) electrons. The first-order valence-corrected chi connectivity index (χ1v) is 11.1. The van der Waals surface area contributed by atoms with Crippen LogP contribution < -0.4 is 4.74 Å². The lowest BCUT2D eigenvalue weighted by Gasteiger charge is -2.30. The largest absolute Gasteiger partial charge is 0.489 e. The fourth-order valence-electron chi connectivity index (χ4n) is 4.27. The number of amides is 1. The molecule has 3 aromatic rings. The third-order valence-corrected chi connectivity index (χ3v) is 6.10. The van der Waals surface area contributed by atoms with Crippen molar-refractivity contribution >= 4 is 5.91 Å². The molecule has 1 unspecified atom stereocenters. The summed E-state index contributed by atoms with van der Waals surface area (Å²) in [7, 11) is 0. The third kappa shape index (κ3) is 5.16. The van der Waals surface area contributed by atoms with Gasteiger partial charge in [0.2, 0.25) is 5.91 Å². The van der Waals surface area contributed by atoms with Crippen molar-refractivity contribution in [2.75, 3.05) is 6.54 Å². The van der Waals surface area contributed by atoms with E-state index in [1.807, 2.05) is 44.2 Å². The third-order valence-electron chi connectivity index (χ3n) is 6.10. The van der Waals surface area contributed by atoms with E-state index in [-0.39, 0.29) is 11.9 Å². The highest BCUT2D eigenvalue weighted by Crippen LogP contribution is 2.30. The Morgan fingerprint density at radius 1 is 1.06 bits per heavy atom. The number of rotatable bonds is 6. The van der Waals surface area contributed by atoms with Crippen LogP contribution >= 0.6 is 0 Å². The van der Waals surface area contributed by atoms with Crippen molar-refractivity contribution in [1.29, 1.82) is 0 Å². The van der Waals surface area contributed by atoms with Gasteiger partial charge in [-0.1, -0.05) is 60.5 Å². The second kappa shape index (κ2) is 9.82. The molecule has 1 atom stereocenters. The highest BCUT2D eigenvalue weighted by Gasteiger charge is 2.26. The molecule has 1 fully saturated rings. The van der Waals surface area contributed by atoms with E-state index in [1.165, 1.54) is 18.4 Å². The Labute approximate surface area is 184 Å². The Morgan fingerprint density at radius 2 is 1.84 bits per heavy atom. The van der Waals surface area contributed by atoms with E-state index in [1.54, 1.807) is 0 Å². The van der Waals surface area contributed by atoms with Crippen LogP contribution in [0.3, 0.4) is 0 Å². The molecule has 0 spiro atoms. The molecule has 1 amide bonds. The number of nitrogens with zero attached hydrogens (tertiary/aromatic N) is 2. The van der Waals surface area contributed by atoms with Crippen LogP contribution in [0, 0.1) is 13.8 Å². The molecule has 1 aliphatic rings. The average Bonchev–Trinajstić information content (AvgIpc) is 2.97. The zero-order chi connectivity index (χ0) is 21.6. The first-order chi connectivity index (χ1) is 15.1. The fraction of sp³-hybridized carbons (Fsp3) is 0.385. The van der Waals surface area contributed by atoms with Crippen molar-refractivity contribution in [1.82, 2.24) is 10.1 Å². The fourth-order valence-corrected chi connectivity index (χ4v) is 4.27. The summed E-state index contributed by atoms with van der Waals surface area (Å²) in [6, 6.07) is 18.4. The van der Waals surface area contributed by atoms with Gasteiger partial charge < -0.3 is 14.2 Å². The molecule has 1 aliphatic heterocycles. The van der Waals surface area contributed by atoms with Crippen molar-refractivity contribution < 1.29 is 14.1 Å². The van der Waals surface area contributed by atoms with Gasteiger partial charge in [-0.15, -0.1) is 0 Å². The van der Waals surface area contributed by atoms with Crippen LogP contribution in [0.2, 0.25) is 0 Å². The summed E-state index contributed by atoms with van der Waals surface area (Å²) in [4.78, 5) is 15.3. The van der Waals surface area contributed by atoms with Crippen LogP contribution in [-0.2, 0) is 17.8 Å². The molecule has 2 heterocycles. The number of aromatic nitrogens is 1. The molecule has 0 aliphatic carbocycles. The molecular formula is C26H30N2O3. The first-order valence-electron chi connectivity index (χ1n) is 11.1. The van der Waals surface area contributed by atoms with Gasteiger partial charge in [0.25, 0.3) is 0 Å². The second-order valence-corrected chi connectivity index (χ2v) is 8.28. The zero-order valence-corrected chi connectivity index (χ0v) is 18.3. The number of ether oxygens (including phenoxy) is 1. The van der Waals surface area contributed by atoms with Crippen molar-refractivity contribution in [2.24, 2.45) is 0 Å². The summed E-state index contributed by atoms with van der Waals surface area (Å²) in [5.74, 6) is 1.75. The van der Waals surface area contributed by atoms with Crippen molar-refractivity contribution in [3.63, 3.8) is 0 Å². The highest BCUT2D eigenvalue weighted by atomic mass is 16.5. The van der Waals surface area contributed by atoms with Crippen LogP contribution in [0.15, 0.2) is 59.1 Å². The van der Waals surface area contributed by atoms with Crippen molar-refractivity contribution in [2.45, 2.75) is 58.6 Å².